The molecule has 2 N–H and O–H groups in total. The van der Waals surface area contributed by atoms with Crippen molar-refractivity contribution in [1.29, 1.82) is 0 Å². The Bertz CT molecular complexity index is 154. The largest absolute Gasteiger partial charge is 0.334 e. The Morgan fingerprint density at radius 1 is 1.50 bits per heavy atom. The molecule has 0 aliphatic carbocycles. The number of halogens is 1. The van der Waals surface area contributed by atoms with Crippen LogP contribution < -0.4 is 10.6 Å². The fourth-order valence-corrected chi connectivity index (χ4v) is 0.639. The average molecular weight is 176 g/mol. The quantitative estimate of drug-likeness (QED) is 0.656. The van der Waals surface area contributed by atoms with Crippen molar-refractivity contribution in [2.45, 2.75) is 39.3 Å². The fourth-order valence-electron chi connectivity index (χ4n) is 0.639. The van der Waals surface area contributed by atoms with Gasteiger partial charge in [-0.05, 0) is 27.7 Å². The molecule has 0 rings (SSSR count). The summed E-state index contributed by atoms with van der Waals surface area (Å²) >= 11 is 0. The minimum Gasteiger partial charge on any atom is -0.334 e. The zero-order chi connectivity index (χ0) is 9.78. The summed E-state index contributed by atoms with van der Waals surface area (Å²) in [4.78, 5) is 11.0. The van der Waals surface area contributed by atoms with Crippen molar-refractivity contribution in [2.24, 2.45) is 0 Å². The lowest BCUT2D eigenvalue weighted by Gasteiger charge is -2.22. The van der Waals surface area contributed by atoms with E-state index in [-0.39, 0.29) is 11.6 Å². The van der Waals surface area contributed by atoms with Crippen molar-refractivity contribution < 1.29 is 9.18 Å². The summed E-state index contributed by atoms with van der Waals surface area (Å²) in [6.07, 6.45) is 0. The maximum atomic E-state index is 11.9. The molecule has 0 radical (unpaired) electrons. The molecule has 0 heterocycles. The van der Waals surface area contributed by atoms with Crippen molar-refractivity contribution in [3.63, 3.8) is 0 Å². The first-order chi connectivity index (χ1) is 5.35. The standard InChI is InChI=1S/C8H17FN2O/c1-6(5-9)10-7(12)11-8(2,3)4/h6H,5H2,1-4H3,(H2,10,11,12). The van der Waals surface area contributed by atoms with E-state index >= 15 is 0 Å². The summed E-state index contributed by atoms with van der Waals surface area (Å²) in [5.74, 6) is 0. The van der Waals surface area contributed by atoms with Crippen molar-refractivity contribution in [3.8, 4) is 0 Å². The Hall–Kier alpha value is -0.800. The maximum absolute atomic E-state index is 11.9. The van der Waals surface area contributed by atoms with Gasteiger partial charge in [-0.2, -0.15) is 0 Å². The number of rotatable bonds is 2. The molecule has 2 amide bonds. The molecule has 0 aromatic carbocycles. The fraction of sp³-hybridized carbons (Fsp3) is 0.875. The molecule has 4 heteroatoms. The van der Waals surface area contributed by atoms with E-state index in [0.29, 0.717) is 0 Å². The number of alkyl halides is 1. The molecule has 0 bridgehead atoms. The Labute approximate surface area is 72.7 Å². The molecule has 72 valence electrons. The second-order valence-corrected chi connectivity index (χ2v) is 3.90. The van der Waals surface area contributed by atoms with E-state index in [9.17, 15) is 9.18 Å². The third-order valence-electron chi connectivity index (χ3n) is 1.10. The van der Waals surface area contributed by atoms with Crippen LogP contribution in [-0.4, -0.2) is 24.3 Å². The van der Waals surface area contributed by atoms with Crippen molar-refractivity contribution >= 4 is 6.03 Å². The van der Waals surface area contributed by atoms with Crippen molar-refractivity contribution in [2.75, 3.05) is 6.67 Å². The lowest BCUT2D eigenvalue weighted by Crippen LogP contribution is -2.49. The van der Waals surface area contributed by atoms with Crippen LogP contribution >= 0.6 is 0 Å². The summed E-state index contributed by atoms with van der Waals surface area (Å²) in [7, 11) is 0. The van der Waals surface area contributed by atoms with E-state index < -0.39 is 12.7 Å². The van der Waals surface area contributed by atoms with Gasteiger partial charge in [0, 0.05) is 5.54 Å². The molecule has 0 aromatic rings. The third kappa shape index (κ3) is 5.95. The molecule has 3 nitrogen and oxygen atoms in total. The number of amides is 2. The third-order valence-corrected chi connectivity index (χ3v) is 1.10. The number of nitrogens with one attached hydrogen (secondary N) is 2. The minimum atomic E-state index is -0.544. The van der Waals surface area contributed by atoms with E-state index in [2.05, 4.69) is 10.6 Å². The highest BCUT2D eigenvalue weighted by atomic mass is 19.1. The predicted octanol–water partition coefficient (Wildman–Crippen LogP) is 1.44. The topological polar surface area (TPSA) is 41.1 Å². The van der Waals surface area contributed by atoms with E-state index in [1.54, 1.807) is 6.92 Å². The van der Waals surface area contributed by atoms with Gasteiger partial charge in [-0.1, -0.05) is 0 Å². The molecule has 0 spiro atoms. The summed E-state index contributed by atoms with van der Waals surface area (Å²) in [5, 5.41) is 5.13. The van der Waals surface area contributed by atoms with Crippen LogP contribution in [0.15, 0.2) is 0 Å². The van der Waals surface area contributed by atoms with Crippen LogP contribution in [0.1, 0.15) is 27.7 Å². The first kappa shape index (κ1) is 11.2. The van der Waals surface area contributed by atoms with Crippen LogP contribution in [0.3, 0.4) is 0 Å². The second-order valence-electron chi connectivity index (χ2n) is 3.90. The number of carbonyl (C=O) groups is 1. The Balaban J connectivity index is 3.75. The zero-order valence-electron chi connectivity index (χ0n) is 8.07. The lowest BCUT2D eigenvalue weighted by molar-refractivity contribution is 0.226. The van der Waals surface area contributed by atoms with Crippen LogP contribution in [0.5, 0.6) is 0 Å². The molecule has 0 aliphatic heterocycles. The first-order valence-electron chi connectivity index (χ1n) is 4.00. The van der Waals surface area contributed by atoms with Crippen LogP contribution in [0.25, 0.3) is 0 Å². The number of urea groups is 1. The van der Waals surface area contributed by atoms with Crippen LogP contribution in [0.2, 0.25) is 0 Å². The number of hydrogen-bond donors (Lipinski definition) is 2. The highest BCUT2D eigenvalue weighted by Crippen LogP contribution is 1.97. The average Bonchev–Trinajstić information content (AvgIpc) is 1.82. The van der Waals surface area contributed by atoms with E-state index in [1.807, 2.05) is 20.8 Å². The molecule has 0 saturated carbocycles. The second kappa shape index (κ2) is 4.28. The molecule has 0 saturated heterocycles. The van der Waals surface area contributed by atoms with Crippen LogP contribution in [0, 0.1) is 0 Å². The van der Waals surface area contributed by atoms with Crippen molar-refractivity contribution in [1.82, 2.24) is 10.6 Å². The normalized spacial score (nSPS) is 13.8. The van der Waals surface area contributed by atoms with Gasteiger partial charge in [0.2, 0.25) is 0 Å². The Kier molecular flexibility index (Phi) is 4.00. The van der Waals surface area contributed by atoms with E-state index in [4.69, 9.17) is 0 Å². The maximum Gasteiger partial charge on any atom is 0.315 e. The molecule has 0 aromatic heterocycles. The summed E-state index contributed by atoms with van der Waals surface area (Å²) in [6, 6.07) is -0.750. The number of hydrogen-bond acceptors (Lipinski definition) is 1. The zero-order valence-corrected chi connectivity index (χ0v) is 8.07. The lowest BCUT2D eigenvalue weighted by atomic mass is 10.1. The molecule has 12 heavy (non-hydrogen) atoms. The van der Waals surface area contributed by atoms with Gasteiger partial charge in [-0.25, -0.2) is 9.18 Å². The smallest absolute Gasteiger partial charge is 0.315 e. The molecular formula is C8H17FN2O. The number of carbonyl (C=O) groups excluding carboxylic acids is 1. The summed E-state index contributed by atoms with van der Waals surface area (Å²) in [6.45, 7) is 6.67. The van der Waals surface area contributed by atoms with Gasteiger partial charge in [-0.3, -0.25) is 0 Å². The van der Waals surface area contributed by atoms with E-state index in [1.165, 1.54) is 0 Å². The summed E-state index contributed by atoms with van der Waals surface area (Å²) < 4.78 is 11.9. The highest BCUT2D eigenvalue weighted by molar-refractivity contribution is 5.74. The monoisotopic (exact) mass is 176 g/mol. The van der Waals surface area contributed by atoms with Gasteiger partial charge in [0.1, 0.15) is 6.67 Å². The predicted molar refractivity (Wildman–Crippen MR) is 46.9 cm³/mol. The van der Waals surface area contributed by atoms with Crippen LogP contribution in [0.4, 0.5) is 9.18 Å². The van der Waals surface area contributed by atoms with Gasteiger partial charge >= 0.3 is 6.03 Å². The van der Waals surface area contributed by atoms with Gasteiger partial charge in [0.05, 0.1) is 6.04 Å². The molecule has 1 unspecified atom stereocenters. The first-order valence-corrected chi connectivity index (χ1v) is 4.00. The van der Waals surface area contributed by atoms with Crippen LogP contribution in [-0.2, 0) is 0 Å². The Morgan fingerprint density at radius 2 is 2.00 bits per heavy atom. The van der Waals surface area contributed by atoms with Gasteiger partial charge < -0.3 is 10.6 Å². The molecule has 0 aliphatic rings. The van der Waals surface area contributed by atoms with Crippen molar-refractivity contribution in [3.05, 3.63) is 0 Å². The molecule has 1 atom stereocenters. The van der Waals surface area contributed by atoms with E-state index in [0.717, 1.165) is 0 Å². The highest BCUT2D eigenvalue weighted by Gasteiger charge is 2.14. The summed E-state index contributed by atoms with van der Waals surface area (Å²) in [5.41, 5.74) is -0.278. The minimum absolute atomic E-state index is 0.278. The Morgan fingerprint density at radius 3 is 2.33 bits per heavy atom. The van der Waals surface area contributed by atoms with Gasteiger partial charge in [0.15, 0.2) is 0 Å². The molecule has 0 fully saturated rings. The SMILES string of the molecule is CC(CF)NC(=O)NC(C)(C)C. The van der Waals surface area contributed by atoms with Gasteiger partial charge in [0.25, 0.3) is 0 Å². The molecular weight excluding hydrogens is 159 g/mol. The van der Waals surface area contributed by atoms with Gasteiger partial charge in [-0.15, -0.1) is 0 Å².